The third-order valence-corrected chi connectivity index (χ3v) is 5.87. The molecule has 184 valence electrons. The van der Waals surface area contributed by atoms with Crippen LogP contribution in [0.1, 0.15) is 23.6 Å². The minimum Gasteiger partial charge on any atom is -0.494 e. The van der Waals surface area contributed by atoms with E-state index in [2.05, 4.69) is 10.5 Å². The van der Waals surface area contributed by atoms with E-state index in [1.54, 1.807) is 42.5 Å². The second-order valence-electron chi connectivity index (χ2n) is 7.15. The lowest BCUT2D eigenvalue weighted by Gasteiger charge is -2.12. The summed E-state index contributed by atoms with van der Waals surface area (Å²) in [5.74, 6) is 0.0759. The molecule has 0 spiro atoms. The van der Waals surface area contributed by atoms with Gasteiger partial charge in [0.1, 0.15) is 16.4 Å². The molecule has 1 amide bonds. The molecule has 0 aliphatic carbocycles. The Morgan fingerprint density at radius 3 is 2.31 bits per heavy atom. The number of rotatable bonds is 9. The fourth-order valence-corrected chi connectivity index (χ4v) is 4.06. The monoisotopic (exact) mass is 506 g/mol. The molecule has 7 nitrogen and oxygen atoms in total. The van der Waals surface area contributed by atoms with Gasteiger partial charge in [0.15, 0.2) is 0 Å². The molecule has 0 aromatic heterocycles. The molecule has 0 aliphatic rings. The molecular weight excluding hydrogens is 485 g/mol. The van der Waals surface area contributed by atoms with Crippen LogP contribution in [-0.2, 0) is 27.5 Å². The van der Waals surface area contributed by atoms with Gasteiger partial charge in [-0.05, 0) is 55.0 Å². The van der Waals surface area contributed by atoms with Gasteiger partial charge in [0.05, 0.1) is 24.8 Å². The van der Waals surface area contributed by atoms with Crippen LogP contribution in [0.15, 0.2) is 82.8 Å². The number of ether oxygens (including phenoxy) is 1. The van der Waals surface area contributed by atoms with E-state index in [1.807, 2.05) is 6.92 Å². The number of hydrogen-bond acceptors (Lipinski definition) is 6. The number of hydrogen-bond donors (Lipinski definition) is 1. The van der Waals surface area contributed by atoms with E-state index in [9.17, 15) is 26.4 Å². The van der Waals surface area contributed by atoms with Crippen LogP contribution >= 0.6 is 0 Å². The van der Waals surface area contributed by atoms with Gasteiger partial charge in [0.25, 0.3) is 0 Å². The quantitative estimate of drug-likeness (QED) is 0.261. The predicted molar refractivity (Wildman–Crippen MR) is 123 cm³/mol. The third kappa shape index (κ3) is 7.31. The normalized spacial score (nSPS) is 11.9. The Labute approximate surface area is 200 Å². The number of carbonyl (C=O) groups is 1. The van der Waals surface area contributed by atoms with Gasteiger partial charge in [-0.2, -0.15) is 26.7 Å². The van der Waals surface area contributed by atoms with Gasteiger partial charge in [-0.15, -0.1) is 0 Å². The van der Waals surface area contributed by atoms with Crippen molar-refractivity contribution in [3.63, 3.8) is 0 Å². The van der Waals surface area contributed by atoms with Crippen LogP contribution < -0.4 is 14.3 Å². The number of carbonyl (C=O) groups excluding carboxylic acids is 1. The summed E-state index contributed by atoms with van der Waals surface area (Å²) in [6.07, 6.45) is -3.96. The van der Waals surface area contributed by atoms with Crippen molar-refractivity contribution in [2.75, 3.05) is 6.61 Å². The van der Waals surface area contributed by atoms with Crippen molar-refractivity contribution in [3.8, 4) is 11.5 Å². The lowest BCUT2D eigenvalue weighted by Crippen LogP contribution is -2.20. The molecule has 0 aliphatic heterocycles. The summed E-state index contributed by atoms with van der Waals surface area (Å²) in [7, 11) is -4.50. The molecule has 35 heavy (non-hydrogen) atoms. The molecule has 0 fully saturated rings. The first-order valence-corrected chi connectivity index (χ1v) is 11.7. The van der Waals surface area contributed by atoms with Crippen molar-refractivity contribution in [2.24, 2.45) is 5.10 Å². The van der Waals surface area contributed by atoms with E-state index in [4.69, 9.17) is 8.92 Å². The van der Waals surface area contributed by atoms with Gasteiger partial charge in [-0.25, -0.2) is 5.43 Å². The zero-order valence-electron chi connectivity index (χ0n) is 18.5. The number of halogens is 3. The molecule has 0 saturated heterocycles. The second-order valence-corrected chi connectivity index (χ2v) is 8.66. The highest BCUT2D eigenvalue weighted by Crippen LogP contribution is 2.32. The van der Waals surface area contributed by atoms with Gasteiger partial charge in [0.2, 0.25) is 5.91 Å². The average Bonchev–Trinajstić information content (AvgIpc) is 2.80. The smallest absolute Gasteiger partial charge is 0.416 e. The maximum atomic E-state index is 13.2. The SMILES string of the molecule is CCOc1ccc(CC(=O)NN=Cc2cc(C(F)(F)F)ccc2S(=O)(=O)Oc2ccccc2)cc1. The van der Waals surface area contributed by atoms with Crippen LogP contribution in [0.4, 0.5) is 13.2 Å². The fourth-order valence-electron chi connectivity index (χ4n) is 2.97. The maximum absolute atomic E-state index is 13.2. The molecule has 0 saturated carbocycles. The van der Waals surface area contributed by atoms with E-state index < -0.39 is 38.2 Å². The van der Waals surface area contributed by atoms with Crippen LogP contribution in [-0.4, -0.2) is 27.1 Å². The van der Waals surface area contributed by atoms with Crippen molar-refractivity contribution in [2.45, 2.75) is 24.4 Å². The predicted octanol–water partition coefficient (Wildman–Crippen LogP) is 4.56. The first-order chi connectivity index (χ1) is 16.6. The number of benzene rings is 3. The van der Waals surface area contributed by atoms with Crippen LogP contribution in [0.2, 0.25) is 0 Å². The molecule has 3 rings (SSSR count). The van der Waals surface area contributed by atoms with E-state index >= 15 is 0 Å². The average molecular weight is 507 g/mol. The van der Waals surface area contributed by atoms with Crippen LogP contribution in [0.3, 0.4) is 0 Å². The summed E-state index contributed by atoms with van der Waals surface area (Å²) in [4.78, 5) is 11.6. The van der Waals surface area contributed by atoms with Gasteiger partial charge in [-0.3, -0.25) is 4.79 Å². The number of para-hydroxylation sites is 1. The molecule has 0 atom stereocenters. The van der Waals surface area contributed by atoms with Gasteiger partial charge >= 0.3 is 16.3 Å². The van der Waals surface area contributed by atoms with Crippen LogP contribution in [0.25, 0.3) is 0 Å². The largest absolute Gasteiger partial charge is 0.494 e. The summed E-state index contributed by atoms with van der Waals surface area (Å²) in [6, 6.07) is 16.3. The molecule has 0 radical (unpaired) electrons. The van der Waals surface area contributed by atoms with Crippen molar-refractivity contribution >= 4 is 22.2 Å². The topological polar surface area (TPSA) is 94.1 Å². The molecule has 0 bridgehead atoms. The van der Waals surface area contributed by atoms with Gasteiger partial charge < -0.3 is 8.92 Å². The molecule has 11 heteroatoms. The Bertz CT molecular complexity index is 1290. The minimum absolute atomic E-state index is 0.0149. The minimum atomic E-state index is -4.72. The summed E-state index contributed by atoms with van der Waals surface area (Å²) in [5, 5.41) is 3.65. The Morgan fingerprint density at radius 1 is 1.00 bits per heavy atom. The summed E-state index contributed by atoms with van der Waals surface area (Å²) in [5.41, 5.74) is 1.35. The molecular formula is C24H21F3N2O5S. The standard InChI is InChI=1S/C24H21F3N2O5S/c1-2-33-20-11-8-17(9-12-20)14-23(30)29-28-16-18-15-19(24(25,26)27)10-13-22(18)35(31,32)34-21-6-4-3-5-7-21/h3-13,15-16H,2,14H2,1H3,(H,29,30). The maximum Gasteiger partial charge on any atom is 0.416 e. The first-order valence-electron chi connectivity index (χ1n) is 10.3. The zero-order valence-corrected chi connectivity index (χ0v) is 19.3. The Hall–Kier alpha value is -3.86. The highest BCUT2D eigenvalue weighted by Gasteiger charge is 2.32. The lowest BCUT2D eigenvalue weighted by molar-refractivity contribution is -0.137. The summed E-state index contributed by atoms with van der Waals surface area (Å²) >= 11 is 0. The van der Waals surface area contributed by atoms with Gasteiger partial charge in [-0.1, -0.05) is 30.3 Å². The highest BCUT2D eigenvalue weighted by atomic mass is 32.2. The summed E-state index contributed by atoms with van der Waals surface area (Å²) in [6.45, 7) is 2.34. The first kappa shape index (κ1) is 25.8. The molecule has 0 heterocycles. The Kier molecular flexibility index (Phi) is 8.13. The molecule has 3 aromatic rings. The van der Waals surface area contributed by atoms with E-state index in [0.717, 1.165) is 12.3 Å². The molecule has 0 unspecified atom stereocenters. The second kappa shape index (κ2) is 11.0. The number of alkyl halides is 3. The van der Waals surface area contributed by atoms with E-state index in [-0.39, 0.29) is 12.2 Å². The Balaban J connectivity index is 1.80. The Morgan fingerprint density at radius 2 is 1.69 bits per heavy atom. The summed E-state index contributed by atoms with van der Waals surface area (Å²) < 4.78 is 75.4. The number of hydrazone groups is 1. The number of nitrogens with one attached hydrogen (secondary N) is 1. The highest BCUT2D eigenvalue weighted by molar-refractivity contribution is 7.87. The lowest BCUT2D eigenvalue weighted by atomic mass is 10.1. The number of amides is 1. The van der Waals surface area contributed by atoms with Crippen LogP contribution in [0.5, 0.6) is 11.5 Å². The molecule has 3 aromatic carbocycles. The van der Waals surface area contributed by atoms with Crippen molar-refractivity contribution in [1.82, 2.24) is 5.43 Å². The van der Waals surface area contributed by atoms with E-state index in [0.29, 0.717) is 30.1 Å². The van der Waals surface area contributed by atoms with Crippen molar-refractivity contribution in [3.05, 3.63) is 89.5 Å². The number of nitrogens with zero attached hydrogens (tertiary/aromatic N) is 1. The van der Waals surface area contributed by atoms with Crippen LogP contribution in [0, 0.1) is 0 Å². The zero-order chi connectivity index (χ0) is 25.5. The van der Waals surface area contributed by atoms with Gasteiger partial charge in [0, 0.05) is 5.56 Å². The third-order valence-electron chi connectivity index (χ3n) is 4.55. The van der Waals surface area contributed by atoms with E-state index in [1.165, 1.54) is 12.1 Å². The molecule has 1 N–H and O–H groups in total. The fraction of sp³-hybridized carbons (Fsp3) is 0.167. The van der Waals surface area contributed by atoms with Crippen molar-refractivity contribution < 1.29 is 35.3 Å². The van der Waals surface area contributed by atoms with Crippen molar-refractivity contribution in [1.29, 1.82) is 0 Å².